The van der Waals surface area contributed by atoms with Gasteiger partial charge in [0.2, 0.25) is 5.16 Å². The van der Waals surface area contributed by atoms with E-state index in [1.165, 1.54) is 0 Å². The molecule has 118 valence electrons. The van der Waals surface area contributed by atoms with Crippen molar-refractivity contribution in [2.24, 2.45) is 0 Å². The van der Waals surface area contributed by atoms with Crippen molar-refractivity contribution in [3.8, 4) is 11.4 Å². The van der Waals surface area contributed by atoms with E-state index in [0.717, 1.165) is 33.7 Å². The number of halogens is 1. The number of fused-ring (bicyclic) bond motifs is 1. The molecule has 0 unspecified atom stereocenters. The highest BCUT2D eigenvalue weighted by molar-refractivity contribution is 7.98. The maximum absolute atomic E-state index is 5.91. The zero-order valence-corrected chi connectivity index (χ0v) is 14.2. The molecule has 2 aromatic heterocycles. The van der Waals surface area contributed by atoms with Crippen molar-refractivity contribution < 1.29 is 0 Å². The summed E-state index contributed by atoms with van der Waals surface area (Å²) in [5, 5.41) is 9.78. The molecule has 0 amide bonds. The molecule has 4 rings (SSSR count). The number of nitrogens with zero attached hydrogens (tertiary/aromatic N) is 3. The lowest BCUT2D eigenvalue weighted by molar-refractivity contribution is 0.972. The molecule has 0 atom stereocenters. The van der Waals surface area contributed by atoms with Gasteiger partial charge in [0.25, 0.3) is 0 Å². The summed E-state index contributed by atoms with van der Waals surface area (Å²) in [6.45, 7) is 0. The molecule has 0 aliphatic carbocycles. The smallest absolute Gasteiger partial charge is 0.209 e. The molecule has 0 bridgehead atoms. The van der Waals surface area contributed by atoms with Crippen LogP contribution < -0.4 is 0 Å². The summed E-state index contributed by atoms with van der Waals surface area (Å²) in [7, 11) is 0. The van der Waals surface area contributed by atoms with Crippen LogP contribution in [0, 0.1) is 0 Å². The highest BCUT2D eigenvalue weighted by Crippen LogP contribution is 2.23. The Bertz CT molecular complexity index is 982. The van der Waals surface area contributed by atoms with Gasteiger partial charge in [0.05, 0.1) is 11.2 Å². The first-order valence-electron chi connectivity index (χ1n) is 7.44. The van der Waals surface area contributed by atoms with Gasteiger partial charge in [-0.2, -0.15) is 0 Å². The van der Waals surface area contributed by atoms with Gasteiger partial charge in [-0.05, 0) is 36.4 Å². The number of nitrogens with one attached hydrogen (secondary N) is 1. The summed E-state index contributed by atoms with van der Waals surface area (Å²) in [6, 6.07) is 19.8. The molecule has 4 aromatic rings. The molecule has 24 heavy (non-hydrogen) atoms. The molecule has 0 aliphatic rings. The van der Waals surface area contributed by atoms with Crippen molar-refractivity contribution in [2.75, 3.05) is 0 Å². The molecular weight excluding hydrogens is 340 g/mol. The Labute approximate surface area is 148 Å². The fraction of sp³-hybridized carbons (Fsp3) is 0.0556. The van der Waals surface area contributed by atoms with Gasteiger partial charge in [-0.15, -0.1) is 5.10 Å². The zero-order valence-electron chi connectivity index (χ0n) is 12.6. The first-order valence-corrected chi connectivity index (χ1v) is 8.80. The maximum atomic E-state index is 5.91. The van der Waals surface area contributed by atoms with Gasteiger partial charge in [-0.1, -0.05) is 47.6 Å². The van der Waals surface area contributed by atoms with E-state index in [-0.39, 0.29) is 0 Å². The van der Waals surface area contributed by atoms with Crippen molar-refractivity contribution in [3.05, 3.63) is 71.4 Å². The highest BCUT2D eigenvalue weighted by atomic mass is 35.5. The van der Waals surface area contributed by atoms with Crippen molar-refractivity contribution in [1.82, 2.24) is 20.2 Å². The van der Waals surface area contributed by atoms with Crippen LogP contribution in [-0.2, 0) is 5.75 Å². The third kappa shape index (κ3) is 3.27. The third-order valence-electron chi connectivity index (χ3n) is 3.59. The number of para-hydroxylation sites is 1. The van der Waals surface area contributed by atoms with Crippen LogP contribution in [0.3, 0.4) is 0 Å². The van der Waals surface area contributed by atoms with Gasteiger partial charge in [0, 0.05) is 21.7 Å². The van der Waals surface area contributed by atoms with E-state index in [9.17, 15) is 0 Å². The molecule has 2 heterocycles. The fourth-order valence-corrected chi connectivity index (χ4v) is 3.20. The molecule has 6 heteroatoms. The average Bonchev–Trinajstić information content (AvgIpc) is 3.09. The average molecular weight is 353 g/mol. The number of hydrogen-bond acceptors (Lipinski definition) is 4. The molecule has 4 nitrogen and oxygen atoms in total. The third-order valence-corrected chi connectivity index (χ3v) is 4.72. The first kappa shape index (κ1) is 15.2. The Kier molecular flexibility index (Phi) is 4.19. The van der Waals surface area contributed by atoms with Gasteiger partial charge in [0.15, 0.2) is 5.82 Å². The zero-order chi connectivity index (χ0) is 16.4. The van der Waals surface area contributed by atoms with E-state index < -0.39 is 0 Å². The van der Waals surface area contributed by atoms with Crippen LogP contribution in [0.4, 0.5) is 0 Å². The van der Waals surface area contributed by atoms with E-state index in [2.05, 4.69) is 32.3 Å². The summed E-state index contributed by atoms with van der Waals surface area (Å²) in [4.78, 5) is 9.18. The Balaban J connectivity index is 1.48. The number of rotatable bonds is 4. The van der Waals surface area contributed by atoms with Gasteiger partial charge in [-0.3, -0.25) is 10.1 Å². The monoisotopic (exact) mass is 352 g/mol. The van der Waals surface area contributed by atoms with Crippen LogP contribution in [0.5, 0.6) is 0 Å². The fourth-order valence-electron chi connectivity index (χ4n) is 2.37. The maximum Gasteiger partial charge on any atom is 0.209 e. The van der Waals surface area contributed by atoms with Crippen molar-refractivity contribution in [3.63, 3.8) is 0 Å². The number of benzene rings is 2. The SMILES string of the molecule is Clc1ccc(-c2nc(SCc3ccc4ccccc4n3)n[nH]2)cc1. The van der Waals surface area contributed by atoms with E-state index in [4.69, 9.17) is 11.6 Å². The minimum Gasteiger partial charge on any atom is -0.258 e. The molecule has 2 aromatic carbocycles. The summed E-state index contributed by atoms with van der Waals surface area (Å²) in [5.41, 5.74) is 2.98. The molecule has 0 saturated carbocycles. The van der Waals surface area contributed by atoms with Gasteiger partial charge in [0.1, 0.15) is 0 Å². The number of hydrogen-bond donors (Lipinski definition) is 1. The van der Waals surface area contributed by atoms with Crippen LogP contribution in [0.1, 0.15) is 5.69 Å². The predicted octanol–water partition coefficient (Wildman–Crippen LogP) is 4.97. The van der Waals surface area contributed by atoms with Crippen LogP contribution >= 0.6 is 23.4 Å². The van der Waals surface area contributed by atoms with E-state index >= 15 is 0 Å². The van der Waals surface area contributed by atoms with Crippen molar-refractivity contribution >= 4 is 34.3 Å². The summed E-state index contributed by atoms with van der Waals surface area (Å²) < 4.78 is 0. The Morgan fingerprint density at radius 1 is 0.917 bits per heavy atom. The van der Waals surface area contributed by atoms with Crippen LogP contribution in [0.15, 0.2) is 65.8 Å². The molecular formula is C18H13ClN4S. The minimum atomic E-state index is 0.704. The lowest BCUT2D eigenvalue weighted by Crippen LogP contribution is -1.88. The standard InChI is InChI=1S/C18H13ClN4S/c19-14-8-5-13(6-9-14)17-21-18(23-22-17)24-11-15-10-7-12-3-1-2-4-16(12)20-15/h1-10H,11H2,(H,21,22,23). The minimum absolute atomic E-state index is 0.704. The van der Waals surface area contributed by atoms with Gasteiger partial charge < -0.3 is 0 Å². The second-order valence-corrected chi connectivity index (χ2v) is 6.64. The first-order chi connectivity index (χ1) is 11.8. The molecule has 1 N–H and O–H groups in total. The lowest BCUT2D eigenvalue weighted by atomic mass is 10.2. The van der Waals surface area contributed by atoms with Crippen LogP contribution in [-0.4, -0.2) is 20.2 Å². The molecule has 0 saturated heterocycles. The van der Waals surface area contributed by atoms with Crippen molar-refractivity contribution in [1.29, 1.82) is 0 Å². The quantitative estimate of drug-likeness (QED) is 0.527. The molecule has 0 fully saturated rings. The predicted molar refractivity (Wildman–Crippen MR) is 98.1 cm³/mol. The second-order valence-electron chi connectivity index (χ2n) is 5.26. The topological polar surface area (TPSA) is 54.5 Å². The summed E-state index contributed by atoms with van der Waals surface area (Å²) >= 11 is 7.46. The number of pyridine rings is 1. The van der Waals surface area contributed by atoms with Gasteiger partial charge in [-0.25, -0.2) is 4.98 Å². The Hall–Kier alpha value is -2.37. The Morgan fingerprint density at radius 2 is 1.75 bits per heavy atom. The van der Waals surface area contributed by atoms with E-state index in [1.807, 2.05) is 48.5 Å². The number of aromatic nitrogens is 4. The molecule has 0 aliphatic heterocycles. The summed E-state index contributed by atoms with van der Waals surface area (Å²) in [6.07, 6.45) is 0. The normalized spacial score (nSPS) is 11.0. The lowest BCUT2D eigenvalue weighted by Gasteiger charge is -2.01. The summed E-state index contributed by atoms with van der Waals surface area (Å²) in [5.74, 6) is 1.46. The number of aromatic amines is 1. The van der Waals surface area contributed by atoms with Gasteiger partial charge >= 0.3 is 0 Å². The highest BCUT2D eigenvalue weighted by Gasteiger charge is 2.07. The molecule has 0 spiro atoms. The van der Waals surface area contributed by atoms with Crippen LogP contribution in [0.2, 0.25) is 5.02 Å². The number of thioether (sulfide) groups is 1. The van der Waals surface area contributed by atoms with Crippen molar-refractivity contribution in [2.45, 2.75) is 10.9 Å². The Morgan fingerprint density at radius 3 is 2.62 bits per heavy atom. The largest absolute Gasteiger partial charge is 0.258 e. The second kappa shape index (κ2) is 6.63. The number of H-pyrrole nitrogens is 1. The van der Waals surface area contributed by atoms with Crippen LogP contribution in [0.25, 0.3) is 22.3 Å². The van der Waals surface area contributed by atoms with E-state index in [0.29, 0.717) is 10.2 Å². The van der Waals surface area contributed by atoms with E-state index in [1.54, 1.807) is 11.8 Å². The molecule has 0 radical (unpaired) electrons.